The second kappa shape index (κ2) is 7.51. The van der Waals surface area contributed by atoms with Gasteiger partial charge in [0.1, 0.15) is 5.75 Å². The highest BCUT2D eigenvalue weighted by Gasteiger charge is 2.41. The molecule has 0 N–H and O–H groups in total. The minimum atomic E-state index is -4.45. The molecule has 0 atom stereocenters. The number of likely N-dealkylation sites (tertiary alicyclic amines) is 1. The Bertz CT molecular complexity index is 552. The molecule has 0 amide bonds. The van der Waals surface area contributed by atoms with Crippen molar-refractivity contribution < 1.29 is 31.1 Å². The number of hydrogen-bond donors (Lipinski definition) is 0. The van der Waals surface area contributed by atoms with Crippen LogP contribution in [0.5, 0.6) is 5.75 Å². The number of alkyl halides is 6. The van der Waals surface area contributed by atoms with Gasteiger partial charge in [-0.05, 0) is 44.1 Å². The third-order valence-electron chi connectivity index (χ3n) is 3.86. The van der Waals surface area contributed by atoms with Crippen LogP contribution in [0.3, 0.4) is 0 Å². The molecule has 0 aliphatic carbocycles. The first-order chi connectivity index (χ1) is 11.0. The molecule has 0 radical (unpaired) electrons. The van der Waals surface area contributed by atoms with Crippen LogP contribution in [0.1, 0.15) is 18.4 Å². The van der Waals surface area contributed by atoms with Crippen molar-refractivity contribution in [2.45, 2.75) is 31.7 Å². The lowest BCUT2D eigenvalue weighted by Crippen LogP contribution is -2.38. The zero-order valence-electron chi connectivity index (χ0n) is 12.6. The summed E-state index contributed by atoms with van der Waals surface area (Å²) >= 11 is 3.24. The van der Waals surface area contributed by atoms with Gasteiger partial charge in [0.25, 0.3) is 0 Å². The smallest absolute Gasteiger partial charge is 0.422 e. The highest BCUT2D eigenvalue weighted by Crippen LogP contribution is 2.35. The van der Waals surface area contributed by atoms with E-state index in [0.29, 0.717) is 10.0 Å². The van der Waals surface area contributed by atoms with Gasteiger partial charge in [-0.2, -0.15) is 26.3 Å². The topological polar surface area (TPSA) is 12.5 Å². The zero-order chi connectivity index (χ0) is 18.0. The molecule has 136 valence electrons. The van der Waals surface area contributed by atoms with Crippen molar-refractivity contribution in [1.29, 1.82) is 0 Å². The van der Waals surface area contributed by atoms with Crippen LogP contribution in [0.4, 0.5) is 26.3 Å². The van der Waals surface area contributed by atoms with Crippen molar-refractivity contribution in [2.24, 2.45) is 5.92 Å². The Hall–Kier alpha value is -0.960. The molecule has 0 unspecified atom stereocenters. The van der Waals surface area contributed by atoms with Crippen molar-refractivity contribution in [3.63, 3.8) is 0 Å². The number of ether oxygens (including phenoxy) is 1. The van der Waals surface area contributed by atoms with E-state index in [1.807, 2.05) is 0 Å². The predicted molar refractivity (Wildman–Crippen MR) is 79.7 cm³/mol. The molecule has 0 spiro atoms. The van der Waals surface area contributed by atoms with Crippen LogP contribution >= 0.6 is 15.9 Å². The average molecular weight is 420 g/mol. The molecule has 1 fully saturated rings. The summed E-state index contributed by atoms with van der Waals surface area (Å²) < 4.78 is 80.5. The normalized spacial score (nSPS) is 18.0. The standard InChI is InChI=1S/C15H16BrF6NO/c16-12-1-2-13(24-9-14(17,18)19)10(7-12)8-23-5-3-11(4-6-23)15(20,21)22/h1-2,7,11H,3-6,8-9H2. The average Bonchev–Trinajstić information content (AvgIpc) is 2.45. The molecule has 1 aliphatic rings. The Morgan fingerprint density at radius 2 is 1.71 bits per heavy atom. The summed E-state index contributed by atoms with van der Waals surface area (Å²) in [5.41, 5.74) is 0.513. The van der Waals surface area contributed by atoms with Crippen LogP contribution in [0.2, 0.25) is 0 Å². The molecule has 0 saturated carbocycles. The van der Waals surface area contributed by atoms with Gasteiger partial charge in [-0.15, -0.1) is 0 Å². The summed E-state index contributed by atoms with van der Waals surface area (Å²) in [4.78, 5) is 1.80. The highest BCUT2D eigenvalue weighted by atomic mass is 79.9. The number of piperidine rings is 1. The fourth-order valence-electron chi connectivity index (χ4n) is 2.63. The second-order valence-electron chi connectivity index (χ2n) is 5.75. The number of nitrogens with zero attached hydrogens (tertiary/aromatic N) is 1. The van der Waals surface area contributed by atoms with Gasteiger partial charge in [0.05, 0.1) is 5.92 Å². The molecule has 1 aromatic rings. The Balaban J connectivity index is 2.00. The fourth-order valence-corrected chi connectivity index (χ4v) is 3.04. The van der Waals surface area contributed by atoms with Crippen LogP contribution in [0, 0.1) is 5.92 Å². The van der Waals surface area contributed by atoms with Crippen molar-refractivity contribution in [3.8, 4) is 5.75 Å². The molecule has 1 aliphatic heterocycles. The molecular formula is C15H16BrF6NO. The van der Waals surface area contributed by atoms with Gasteiger partial charge in [0, 0.05) is 16.6 Å². The minimum Gasteiger partial charge on any atom is -0.484 e. The molecular weight excluding hydrogens is 404 g/mol. The monoisotopic (exact) mass is 419 g/mol. The van der Waals surface area contributed by atoms with Gasteiger partial charge >= 0.3 is 12.4 Å². The first-order valence-corrected chi connectivity index (χ1v) is 8.11. The van der Waals surface area contributed by atoms with Gasteiger partial charge in [-0.3, -0.25) is 4.90 Å². The lowest BCUT2D eigenvalue weighted by Gasteiger charge is -2.33. The number of halogens is 7. The minimum absolute atomic E-state index is 0.00373. The van der Waals surface area contributed by atoms with E-state index >= 15 is 0 Å². The van der Waals surface area contributed by atoms with Gasteiger partial charge in [-0.1, -0.05) is 15.9 Å². The molecule has 1 heterocycles. The second-order valence-corrected chi connectivity index (χ2v) is 6.66. The Kier molecular flexibility index (Phi) is 6.06. The summed E-state index contributed by atoms with van der Waals surface area (Å²) in [6.07, 6.45) is -8.65. The molecule has 1 aromatic carbocycles. The van der Waals surface area contributed by atoms with E-state index in [1.165, 1.54) is 6.07 Å². The Labute approximate surface area is 143 Å². The molecule has 0 bridgehead atoms. The Morgan fingerprint density at radius 3 is 2.25 bits per heavy atom. The van der Waals surface area contributed by atoms with Crippen molar-refractivity contribution in [3.05, 3.63) is 28.2 Å². The molecule has 9 heteroatoms. The van der Waals surface area contributed by atoms with Crippen LogP contribution < -0.4 is 4.74 Å². The fraction of sp³-hybridized carbons (Fsp3) is 0.600. The van der Waals surface area contributed by atoms with E-state index in [4.69, 9.17) is 4.74 Å². The highest BCUT2D eigenvalue weighted by molar-refractivity contribution is 9.10. The first kappa shape index (κ1) is 19.4. The van der Waals surface area contributed by atoms with E-state index < -0.39 is 24.9 Å². The summed E-state index contributed by atoms with van der Waals surface area (Å²) in [6.45, 7) is -0.667. The molecule has 2 rings (SSSR count). The third-order valence-corrected chi connectivity index (χ3v) is 4.35. The van der Waals surface area contributed by atoms with E-state index in [0.717, 1.165) is 0 Å². The summed E-state index contributed by atoms with van der Waals surface area (Å²) in [5, 5.41) is 0. The van der Waals surface area contributed by atoms with Gasteiger partial charge in [0.2, 0.25) is 0 Å². The van der Waals surface area contributed by atoms with E-state index in [2.05, 4.69) is 15.9 Å². The zero-order valence-corrected chi connectivity index (χ0v) is 14.1. The van der Waals surface area contributed by atoms with Gasteiger partial charge in [-0.25, -0.2) is 0 Å². The summed E-state index contributed by atoms with van der Waals surface area (Å²) in [5.74, 6) is -1.22. The SMILES string of the molecule is FC(F)(F)COc1ccc(Br)cc1CN1CCC(C(F)(F)F)CC1. The van der Waals surface area contributed by atoms with Crippen molar-refractivity contribution in [1.82, 2.24) is 4.90 Å². The van der Waals surface area contributed by atoms with Crippen LogP contribution in [-0.4, -0.2) is 36.9 Å². The maximum atomic E-state index is 12.7. The number of hydrogen-bond acceptors (Lipinski definition) is 2. The maximum Gasteiger partial charge on any atom is 0.422 e. The Morgan fingerprint density at radius 1 is 1.08 bits per heavy atom. The summed E-state index contributed by atoms with van der Waals surface area (Å²) in [6, 6.07) is 4.61. The summed E-state index contributed by atoms with van der Waals surface area (Å²) in [7, 11) is 0. The van der Waals surface area contributed by atoms with E-state index in [1.54, 1.807) is 17.0 Å². The van der Waals surface area contributed by atoms with Crippen LogP contribution in [-0.2, 0) is 6.54 Å². The van der Waals surface area contributed by atoms with E-state index in [-0.39, 0.29) is 38.2 Å². The maximum absolute atomic E-state index is 12.7. The number of benzene rings is 1. The third kappa shape index (κ3) is 5.84. The van der Waals surface area contributed by atoms with E-state index in [9.17, 15) is 26.3 Å². The van der Waals surface area contributed by atoms with Gasteiger partial charge in [0.15, 0.2) is 6.61 Å². The lowest BCUT2D eigenvalue weighted by atomic mass is 9.96. The van der Waals surface area contributed by atoms with Crippen molar-refractivity contribution in [2.75, 3.05) is 19.7 Å². The predicted octanol–water partition coefficient (Wildman–Crippen LogP) is 5.16. The van der Waals surface area contributed by atoms with Crippen LogP contribution in [0.15, 0.2) is 22.7 Å². The molecule has 1 saturated heterocycles. The van der Waals surface area contributed by atoms with Crippen LogP contribution in [0.25, 0.3) is 0 Å². The largest absolute Gasteiger partial charge is 0.484 e. The van der Waals surface area contributed by atoms with Crippen molar-refractivity contribution >= 4 is 15.9 Å². The first-order valence-electron chi connectivity index (χ1n) is 7.31. The molecule has 2 nitrogen and oxygen atoms in total. The van der Waals surface area contributed by atoms with Gasteiger partial charge < -0.3 is 4.74 Å². The molecule has 24 heavy (non-hydrogen) atoms. The number of rotatable bonds is 4. The molecule has 0 aromatic heterocycles. The lowest BCUT2D eigenvalue weighted by molar-refractivity contribution is -0.185. The quantitative estimate of drug-likeness (QED) is 0.624.